The first-order chi connectivity index (χ1) is 37.2. The van der Waals surface area contributed by atoms with Gasteiger partial charge in [0.05, 0.1) is 46.5 Å². The molecule has 0 radical (unpaired) electrons. The van der Waals surface area contributed by atoms with Crippen LogP contribution in [0.4, 0.5) is 0 Å². The normalized spacial score (nSPS) is 16.7. The van der Waals surface area contributed by atoms with Crippen molar-refractivity contribution >= 4 is 63.6 Å². The number of likely N-dealkylation sites (tertiary alicyclic amines) is 1. The Morgan fingerprint density at radius 3 is 2.21 bits per heavy atom. The van der Waals surface area contributed by atoms with Crippen molar-refractivity contribution in [3.05, 3.63) is 133 Å². The Morgan fingerprint density at radius 2 is 1.53 bits per heavy atom. The third kappa shape index (κ3) is 13.9. The Bertz CT molecular complexity index is 3110. The molecule has 8 rings (SSSR count). The summed E-state index contributed by atoms with van der Waals surface area (Å²) in [5.74, 6) is 0.582. The van der Waals surface area contributed by atoms with Crippen LogP contribution in [0.2, 0.25) is 5.02 Å². The number of nitrogens with one attached hydrogen (secondary N) is 3. The number of aryl methyl sites for hydroxylation is 3. The van der Waals surface area contributed by atoms with Gasteiger partial charge >= 0.3 is 0 Å². The highest BCUT2D eigenvalue weighted by molar-refractivity contribution is 7.15. The van der Waals surface area contributed by atoms with E-state index in [9.17, 15) is 24.3 Å². The van der Waals surface area contributed by atoms with Gasteiger partial charge in [-0.25, -0.2) is 4.98 Å². The fourth-order valence-corrected chi connectivity index (χ4v) is 11.8. The number of thiazole rings is 1. The molecule has 1 saturated heterocycles. The van der Waals surface area contributed by atoms with E-state index in [0.29, 0.717) is 49.3 Å². The molecule has 3 aromatic heterocycles. The number of benzene rings is 3. The van der Waals surface area contributed by atoms with Crippen molar-refractivity contribution in [3.8, 4) is 21.2 Å². The third-order valence-electron chi connectivity index (χ3n) is 14.0. The Balaban J connectivity index is 0.731. The molecule has 78 heavy (non-hydrogen) atoms. The second-order valence-corrected chi connectivity index (χ2v) is 24.0. The summed E-state index contributed by atoms with van der Waals surface area (Å²) in [4.78, 5) is 67.7. The van der Waals surface area contributed by atoms with Crippen LogP contribution >= 0.6 is 34.3 Å². The van der Waals surface area contributed by atoms with E-state index in [1.807, 2.05) is 131 Å². The van der Waals surface area contributed by atoms with Crippen LogP contribution in [0.25, 0.3) is 15.4 Å². The van der Waals surface area contributed by atoms with Gasteiger partial charge in [0, 0.05) is 66.8 Å². The molecule has 1 fully saturated rings. The summed E-state index contributed by atoms with van der Waals surface area (Å²) in [7, 11) is 0. The minimum Gasteiger partial charge on any atom is -0.494 e. The molecule has 0 spiro atoms. The molecule has 2 aliphatic heterocycles. The lowest BCUT2D eigenvalue weighted by Gasteiger charge is -2.35. The average molecular weight is 1120 g/mol. The number of thiophene rings is 1. The molecule has 5 heterocycles. The number of hydrogen-bond donors (Lipinski definition) is 4. The lowest BCUT2D eigenvalue weighted by atomic mass is 9.85. The van der Waals surface area contributed by atoms with Gasteiger partial charge in [-0.15, -0.1) is 32.9 Å². The van der Waals surface area contributed by atoms with E-state index < -0.39 is 47.0 Å². The molecule has 3 aromatic carbocycles. The van der Waals surface area contributed by atoms with Crippen LogP contribution in [-0.4, -0.2) is 117 Å². The monoisotopic (exact) mass is 1120 g/mol. The van der Waals surface area contributed by atoms with Gasteiger partial charge in [-0.2, -0.15) is 0 Å². The molecule has 414 valence electrons. The van der Waals surface area contributed by atoms with Crippen LogP contribution in [0.3, 0.4) is 0 Å². The van der Waals surface area contributed by atoms with Gasteiger partial charge in [-0.05, 0) is 99.9 Å². The molecule has 0 saturated carbocycles. The summed E-state index contributed by atoms with van der Waals surface area (Å²) in [5, 5.41) is 30.2. The van der Waals surface area contributed by atoms with Crippen molar-refractivity contribution < 1.29 is 38.5 Å². The third-order valence-corrected chi connectivity index (χ3v) is 16.4. The second kappa shape index (κ2) is 25.2. The molecule has 4 N–H and O–H groups in total. The van der Waals surface area contributed by atoms with Crippen LogP contribution in [0, 0.1) is 33.1 Å². The van der Waals surface area contributed by atoms with Crippen LogP contribution in [0.5, 0.6) is 5.75 Å². The predicted molar refractivity (Wildman–Crippen MR) is 304 cm³/mol. The van der Waals surface area contributed by atoms with E-state index in [-0.39, 0.29) is 51.0 Å². The minimum atomic E-state index is -0.963. The lowest BCUT2D eigenvalue weighted by Crippen LogP contribution is -2.58. The number of hydrogen-bond acceptors (Lipinski definition) is 14. The number of β-amino-alcohol motifs (C(OH)–C–C–N with tert-alkyl or cyclic N) is 1. The highest BCUT2D eigenvalue weighted by Gasteiger charge is 2.44. The van der Waals surface area contributed by atoms with Gasteiger partial charge < -0.3 is 40.2 Å². The highest BCUT2D eigenvalue weighted by Crippen LogP contribution is 2.40. The van der Waals surface area contributed by atoms with E-state index in [1.165, 1.54) is 9.78 Å². The van der Waals surface area contributed by atoms with Crippen molar-refractivity contribution in [2.24, 2.45) is 10.4 Å². The van der Waals surface area contributed by atoms with E-state index >= 15 is 0 Å². The summed E-state index contributed by atoms with van der Waals surface area (Å²) in [6.07, 6.45) is 0.484. The van der Waals surface area contributed by atoms with Crippen LogP contribution in [-0.2, 0) is 40.7 Å². The van der Waals surface area contributed by atoms with Gasteiger partial charge in [0.25, 0.3) is 0 Å². The SMILES string of the molecule is Cc1ncsc1-c1ccc(CNC(=O)[C@@H]2C[C@@H](O)CN2C(=O)[C@@H](NC(=O)COCCCOCCCOc2ccc(C(C)(C)NC(=O)C[C@@H]3N=C(c4ccc(Cl)cc4)c4c(sc(C)c4C)-n4c(C)nnc43)cc2)C(C)(C)C)cc1. The standard InChI is InChI=1S/C58H70ClN9O8S2/c1-34-36(3)78-56-49(34)50(39-16-20-42(59)21-17-39)62-45(53-66-65-37(4)68(53)56)29-47(70)64-58(8,9)41-18-22-44(23-19-41)76-27-11-25-74-24-10-26-75-32-48(71)63-52(57(5,6)7)55(73)67-31-43(69)28-46(67)54(72)60-30-38-12-14-40(15-13-38)51-35(2)61-33-77-51/h12-23,33,43,45-46,52,69H,10-11,24-32H2,1-9H3,(H,60,72)(H,63,71)(H,64,70)/t43-,45+,46+,52-/m1/s1. The molecule has 2 aliphatic rings. The van der Waals surface area contributed by atoms with Crippen molar-refractivity contribution in [1.29, 1.82) is 0 Å². The number of amides is 4. The fraction of sp³-hybridized carbons (Fsp3) is 0.448. The second-order valence-electron chi connectivity index (χ2n) is 21.5. The number of aliphatic imine (C=N–C) groups is 1. The predicted octanol–water partition coefficient (Wildman–Crippen LogP) is 8.67. The zero-order chi connectivity index (χ0) is 55.9. The smallest absolute Gasteiger partial charge is 0.246 e. The first-order valence-corrected chi connectivity index (χ1v) is 28.4. The number of aliphatic hydroxyl groups excluding tert-OH is 1. The van der Waals surface area contributed by atoms with Crippen molar-refractivity contribution in [1.82, 2.24) is 40.6 Å². The number of aromatic nitrogens is 4. The van der Waals surface area contributed by atoms with Crippen molar-refractivity contribution in [2.75, 3.05) is 39.6 Å². The number of carbonyl (C=O) groups excluding carboxylic acids is 4. The molecule has 0 unspecified atom stereocenters. The van der Waals surface area contributed by atoms with E-state index in [4.69, 9.17) is 30.8 Å². The zero-order valence-corrected chi connectivity index (χ0v) is 48.2. The van der Waals surface area contributed by atoms with Gasteiger partial charge in [-0.1, -0.05) is 80.9 Å². The molecule has 17 nitrogen and oxygen atoms in total. The number of aliphatic hydroxyl groups is 1. The molecular weight excluding hydrogens is 1050 g/mol. The van der Waals surface area contributed by atoms with E-state index in [0.717, 1.165) is 60.5 Å². The Kier molecular flexibility index (Phi) is 18.7. The quantitative estimate of drug-likeness (QED) is 0.0473. The lowest BCUT2D eigenvalue weighted by molar-refractivity contribution is -0.144. The van der Waals surface area contributed by atoms with Gasteiger partial charge in [0.15, 0.2) is 5.82 Å². The molecule has 4 atom stereocenters. The summed E-state index contributed by atoms with van der Waals surface area (Å²) in [6.45, 7) is 19.1. The van der Waals surface area contributed by atoms with Gasteiger partial charge in [-0.3, -0.25) is 28.7 Å². The van der Waals surface area contributed by atoms with Crippen molar-refractivity contribution in [3.63, 3.8) is 0 Å². The molecule has 6 aromatic rings. The van der Waals surface area contributed by atoms with E-state index in [1.54, 1.807) is 22.7 Å². The first-order valence-electron chi connectivity index (χ1n) is 26.3. The number of halogens is 1. The Hall–Kier alpha value is -6.35. The average Bonchev–Trinajstić information content (AvgIpc) is 4.37. The van der Waals surface area contributed by atoms with Crippen LogP contribution in [0.15, 0.2) is 83.3 Å². The number of nitrogens with zero attached hydrogens (tertiary/aromatic N) is 6. The number of fused-ring (bicyclic) bond motifs is 3. The topological polar surface area (TPSA) is 211 Å². The van der Waals surface area contributed by atoms with Gasteiger partial charge in [0.1, 0.15) is 41.3 Å². The largest absolute Gasteiger partial charge is 0.494 e. The molecule has 0 bridgehead atoms. The molecular formula is C58H70ClN9O8S2. The summed E-state index contributed by atoms with van der Waals surface area (Å²) in [5.41, 5.74) is 8.03. The minimum absolute atomic E-state index is 0.0169. The Morgan fingerprint density at radius 1 is 0.846 bits per heavy atom. The number of rotatable bonds is 22. The molecule has 4 amide bonds. The fourth-order valence-electron chi connectivity index (χ4n) is 9.61. The van der Waals surface area contributed by atoms with Crippen LogP contribution in [0.1, 0.15) is 116 Å². The zero-order valence-electron chi connectivity index (χ0n) is 45.8. The molecule has 20 heteroatoms. The van der Waals surface area contributed by atoms with E-state index in [2.05, 4.69) is 45.0 Å². The maximum Gasteiger partial charge on any atom is 0.246 e. The summed E-state index contributed by atoms with van der Waals surface area (Å²) >= 11 is 9.52. The molecule has 0 aliphatic carbocycles. The number of carbonyl (C=O) groups is 4. The highest BCUT2D eigenvalue weighted by atomic mass is 35.5. The van der Waals surface area contributed by atoms with Crippen molar-refractivity contribution in [2.45, 2.75) is 124 Å². The van der Waals surface area contributed by atoms with Crippen LogP contribution < -0.4 is 20.7 Å². The Labute approximate surface area is 469 Å². The summed E-state index contributed by atoms with van der Waals surface area (Å²) in [6, 6.07) is 20.7. The number of ether oxygens (including phenoxy) is 3. The summed E-state index contributed by atoms with van der Waals surface area (Å²) < 4.78 is 19.5. The van der Waals surface area contributed by atoms with Gasteiger partial charge in [0.2, 0.25) is 23.6 Å². The maximum atomic E-state index is 14.0. The maximum absolute atomic E-state index is 14.0. The first kappa shape index (κ1) is 57.8.